The lowest BCUT2D eigenvalue weighted by molar-refractivity contribution is -0.117. The molecule has 1 aromatic rings. The normalized spacial score (nSPS) is 16.3. The van der Waals surface area contributed by atoms with E-state index in [0.717, 1.165) is 12.8 Å². The van der Waals surface area contributed by atoms with E-state index in [1.807, 2.05) is 0 Å². The lowest BCUT2D eigenvalue weighted by Gasteiger charge is -2.12. The van der Waals surface area contributed by atoms with Gasteiger partial charge in [0.2, 0.25) is 15.9 Å². The van der Waals surface area contributed by atoms with Crippen LogP contribution in [0, 0.1) is 5.92 Å². The molecule has 1 aromatic carbocycles. The zero-order chi connectivity index (χ0) is 15.5. The van der Waals surface area contributed by atoms with Crippen LogP contribution in [0.15, 0.2) is 29.2 Å². The molecule has 1 amide bonds. The number of nitrogens with one attached hydrogen (secondary N) is 1. The summed E-state index contributed by atoms with van der Waals surface area (Å²) in [4.78, 5) is 12.1. The first-order valence-electron chi connectivity index (χ1n) is 7.22. The Kier molecular flexibility index (Phi) is 5.00. The summed E-state index contributed by atoms with van der Waals surface area (Å²) in [6.45, 7) is 0. The summed E-state index contributed by atoms with van der Waals surface area (Å²) in [5.74, 6) is 0.503. The van der Waals surface area contributed by atoms with E-state index in [4.69, 9.17) is 0 Å². The van der Waals surface area contributed by atoms with Crippen LogP contribution in [0.5, 0.6) is 0 Å². The van der Waals surface area contributed by atoms with E-state index >= 15 is 0 Å². The first kappa shape index (κ1) is 16.0. The van der Waals surface area contributed by atoms with Gasteiger partial charge in [-0.1, -0.05) is 12.8 Å². The Balaban J connectivity index is 1.97. The van der Waals surface area contributed by atoms with E-state index in [0.29, 0.717) is 18.0 Å². The van der Waals surface area contributed by atoms with Crippen molar-refractivity contribution in [3.8, 4) is 0 Å². The molecule has 0 aromatic heterocycles. The van der Waals surface area contributed by atoms with Gasteiger partial charge in [-0.3, -0.25) is 4.79 Å². The highest BCUT2D eigenvalue weighted by Crippen LogP contribution is 2.27. The van der Waals surface area contributed by atoms with Crippen LogP contribution in [0.2, 0.25) is 0 Å². The van der Waals surface area contributed by atoms with Gasteiger partial charge in [0.1, 0.15) is 0 Å². The number of hydrogen-bond acceptors (Lipinski definition) is 3. The molecule has 1 N–H and O–H groups in total. The predicted octanol–water partition coefficient (Wildman–Crippen LogP) is 2.46. The van der Waals surface area contributed by atoms with Gasteiger partial charge in [-0.15, -0.1) is 0 Å². The summed E-state index contributed by atoms with van der Waals surface area (Å²) in [5.41, 5.74) is 0.635. The van der Waals surface area contributed by atoms with E-state index in [2.05, 4.69) is 5.32 Å². The van der Waals surface area contributed by atoms with Gasteiger partial charge in [0.25, 0.3) is 0 Å². The zero-order valence-electron chi connectivity index (χ0n) is 12.5. The molecule has 1 saturated carbocycles. The van der Waals surface area contributed by atoms with Crippen LogP contribution in [-0.4, -0.2) is 32.7 Å². The van der Waals surface area contributed by atoms with Gasteiger partial charge in [0, 0.05) is 26.2 Å². The van der Waals surface area contributed by atoms with Crippen molar-refractivity contribution in [3.63, 3.8) is 0 Å². The highest BCUT2D eigenvalue weighted by Gasteiger charge is 2.19. The fourth-order valence-corrected chi connectivity index (χ4v) is 3.51. The summed E-state index contributed by atoms with van der Waals surface area (Å²) in [7, 11) is -0.435. The van der Waals surface area contributed by atoms with Crippen LogP contribution in [-0.2, 0) is 14.8 Å². The van der Waals surface area contributed by atoms with Crippen LogP contribution >= 0.6 is 0 Å². The third-order valence-corrected chi connectivity index (χ3v) is 5.69. The molecule has 0 radical (unpaired) electrons. The van der Waals surface area contributed by atoms with Gasteiger partial charge >= 0.3 is 0 Å². The van der Waals surface area contributed by atoms with Crippen LogP contribution in [0.3, 0.4) is 0 Å². The molecule has 0 spiro atoms. The van der Waals surface area contributed by atoms with Crippen molar-refractivity contribution in [2.75, 3.05) is 19.4 Å². The van der Waals surface area contributed by atoms with Gasteiger partial charge in [-0.05, 0) is 43.0 Å². The molecular weight excluding hydrogens is 288 g/mol. The number of carbonyl (C=O) groups excluding carboxylic acids is 1. The summed E-state index contributed by atoms with van der Waals surface area (Å²) >= 11 is 0. The minimum atomic E-state index is -3.42. The van der Waals surface area contributed by atoms with Gasteiger partial charge in [0.05, 0.1) is 4.90 Å². The maximum absolute atomic E-state index is 11.9. The molecule has 116 valence electrons. The Morgan fingerprint density at radius 3 is 2.29 bits per heavy atom. The first-order chi connectivity index (χ1) is 9.89. The number of carbonyl (C=O) groups is 1. The average Bonchev–Trinajstić information content (AvgIpc) is 2.91. The van der Waals surface area contributed by atoms with Crippen LogP contribution in [0.25, 0.3) is 0 Å². The monoisotopic (exact) mass is 310 g/mol. The third-order valence-electron chi connectivity index (χ3n) is 3.87. The number of sulfonamides is 1. The Morgan fingerprint density at radius 1 is 1.19 bits per heavy atom. The first-order valence-corrected chi connectivity index (χ1v) is 8.66. The second-order valence-electron chi connectivity index (χ2n) is 5.71. The summed E-state index contributed by atoms with van der Waals surface area (Å²) in [6, 6.07) is 6.28. The van der Waals surface area contributed by atoms with Crippen LogP contribution in [0.1, 0.15) is 32.1 Å². The van der Waals surface area contributed by atoms with E-state index in [1.54, 1.807) is 12.1 Å². The molecular formula is C15H22N2O3S. The van der Waals surface area contributed by atoms with Gasteiger partial charge in [-0.2, -0.15) is 0 Å². The highest BCUT2D eigenvalue weighted by atomic mass is 32.2. The number of benzene rings is 1. The highest BCUT2D eigenvalue weighted by molar-refractivity contribution is 7.89. The van der Waals surface area contributed by atoms with Crippen molar-refractivity contribution in [1.29, 1.82) is 0 Å². The van der Waals surface area contributed by atoms with Crippen molar-refractivity contribution in [2.24, 2.45) is 5.92 Å². The second-order valence-corrected chi connectivity index (χ2v) is 7.87. The molecule has 0 heterocycles. The molecule has 0 atom stereocenters. The number of nitrogens with zero attached hydrogens (tertiary/aromatic N) is 1. The van der Waals surface area contributed by atoms with Crippen molar-refractivity contribution in [3.05, 3.63) is 24.3 Å². The molecule has 0 unspecified atom stereocenters. The average molecular weight is 310 g/mol. The number of anilines is 1. The Hall–Kier alpha value is -1.40. The minimum Gasteiger partial charge on any atom is -0.326 e. The standard InChI is InChI=1S/C15H22N2O3S/c1-17(2)21(19,20)14-9-7-13(8-10-14)16-15(18)11-12-5-3-4-6-12/h7-10,12H,3-6,11H2,1-2H3,(H,16,18). The molecule has 0 aliphatic heterocycles. The van der Waals surface area contributed by atoms with Crippen molar-refractivity contribution in [2.45, 2.75) is 37.0 Å². The number of hydrogen-bond donors (Lipinski definition) is 1. The molecule has 21 heavy (non-hydrogen) atoms. The van der Waals surface area contributed by atoms with Crippen molar-refractivity contribution >= 4 is 21.6 Å². The summed E-state index contributed by atoms with van der Waals surface area (Å²) in [6.07, 6.45) is 5.25. The van der Waals surface area contributed by atoms with E-state index in [-0.39, 0.29) is 10.8 Å². The van der Waals surface area contributed by atoms with Gasteiger partial charge in [-0.25, -0.2) is 12.7 Å². The molecule has 0 saturated heterocycles. The SMILES string of the molecule is CN(C)S(=O)(=O)c1ccc(NC(=O)CC2CCCC2)cc1. The van der Waals surface area contributed by atoms with E-state index < -0.39 is 10.0 Å². The van der Waals surface area contributed by atoms with E-state index in [9.17, 15) is 13.2 Å². The lowest BCUT2D eigenvalue weighted by atomic mass is 10.0. The topological polar surface area (TPSA) is 66.5 Å². The molecule has 1 aliphatic rings. The van der Waals surface area contributed by atoms with Crippen molar-refractivity contribution in [1.82, 2.24) is 4.31 Å². The minimum absolute atomic E-state index is 0.00474. The maximum Gasteiger partial charge on any atom is 0.242 e. The van der Waals surface area contributed by atoms with Crippen LogP contribution < -0.4 is 5.32 Å². The Bertz CT molecular complexity index is 588. The quantitative estimate of drug-likeness (QED) is 0.908. The van der Waals surface area contributed by atoms with Gasteiger partial charge in [0.15, 0.2) is 0 Å². The third kappa shape index (κ3) is 4.04. The van der Waals surface area contributed by atoms with E-state index in [1.165, 1.54) is 43.4 Å². The van der Waals surface area contributed by atoms with Crippen LogP contribution in [0.4, 0.5) is 5.69 Å². The van der Waals surface area contributed by atoms with Crippen molar-refractivity contribution < 1.29 is 13.2 Å². The molecule has 0 bridgehead atoms. The maximum atomic E-state index is 11.9. The number of amides is 1. The number of rotatable bonds is 5. The van der Waals surface area contributed by atoms with Gasteiger partial charge < -0.3 is 5.32 Å². The fourth-order valence-electron chi connectivity index (χ4n) is 2.61. The molecule has 5 nitrogen and oxygen atoms in total. The fraction of sp³-hybridized carbons (Fsp3) is 0.533. The summed E-state index contributed by atoms with van der Waals surface area (Å²) in [5, 5.41) is 2.83. The lowest BCUT2D eigenvalue weighted by Crippen LogP contribution is -2.22. The Morgan fingerprint density at radius 2 is 1.76 bits per heavy atom. The molecule has 2 rings (SSSR count). The zero-order valence-corrected chi connectivity index (χ0v) is 13.3. The molecule has 1 fully saturated rings. The predicted molar refractivity (Wildman–Crippen MR) is 82.5 cm³/mol. The summed E-state index contributed by atoms with van der Waals surface area (Å²) < 4.78 is 25.0. The molecule has 1 aliphatic carbocycles. The second kappa shape index (κ2) is 6.58. The molecule has 6 heteroatoms. The Labute approximate surface area is 126 Å². The largest absolute Gasteiger partial charge is 0.326 e. The smallest absolute Gasteiger partial charge is 0.242 e.